The van der Waals surface area contributed by atoms with Gasteiger partial charge in [0.2, 0.25) is 0 Å². The second-order valence-electron chi connectivity index (χ2n) is 7.40. The van der Waals surface area contributed by atoms with Gasteiger partial charge in [-0.3, -0.25) is 4.79 Å². The Morgan fingerprint density at radius 3 is 2.33 bits per heavy atom. The van der Waals surface area contributed by atoms with Crippen molar-refractivity contribution in [2.45, 2.75) is 65.2 Å². The smallest absolute Gasteiger partial charge is 0.550 e. The number of rotatable bonds is 13. The summed E-state index contributed by atoms with van der Waals surface area (Å²) < 4.78 is 7.77. The summed E-state index contributed by atoms with van der Waals surface area (Å²) in [5, 5.41) is 10.7. The van der Waals surface area contributed by atoms with Crippen LogP contribution in [0.5, 0.6) is 5.75 Å². The maximum absolute atomic E-state index is 13.1. The Hall–Kier alpha value is -1.56. The van der Waals surface area contributed by atoms with Crippen LogP contribution in [0.25, 0.3) is 0 Å². The average Bonchev–Trinajstić information content (AvgIpc) is 3.03. The zero-order valence-electron chi connectivity index (χ0n) is 18.8. The molecule has 0 amide bonds. The van der Waals surface area contributed by atoms with Gasteiger partial charge in [-0.25, -0.2) is 0 Å². The number of hydrogen-bond donors (Lipinski definition) is 0. The summed E-state index contributed by atoms with van der Waals surface area (Å²) in [7, 11) is 1.93. The van der Waals surface area contributed by atoms with Crippen molar-refractivity contribution in [3.63, 3.8) is 0 Å². The summed E-state index contributed by atoms with van der Waals surface area (Å²) in [5.74, 6) is -0.276. The summed E-state index contributed by atoms with van der Waals surface area (Å²) in [6.45, 7) is 4.90. The SMILES string of the molecule is CCCCCCOc1ccc(C(=O)c2cc(CCCC(=O)[O-])n(C)c2CC)cc1.[Na+]. The summed E-state index contributed by atoms with van der Waals surface area (Å²) in [6, 6.07) is 9.22. The molecular weight excluding hydrogens is 389 g/mol. The number of benzene rings is 1. The molecule has 5 nitrogen and oxygen atoms in total. The Morgan fingerprint density at radius 1 is 1.03 bits per heavy atom. The van der Waals surface area contributed by atoms with E-state index in [0.29, 0.717) is 30.6 Å². The third-order valence-electron chi connectivity index (χ3n) is 5.23. The van der Waals surface area contributed by atoms with Crippen molar-refractivity contribution in [2.75, 3.05) is 6.61 Å². The van der Waals surface area contributed by atoms with E-state index >= 15 is 0 Å². The second-order valence-corrected chi connectivity index (χ2v) is 7.40. The van der Waals surface area contributed by atoms with Crippen molar-refractivity contribution in [1.29, 1.82) is 0 Å². The molecular formula is C24H32NNaO4. The summed E-state index contributed by atoms with van der Waals surface area (Å²) >= 11 is 0. The van der Waals surface area contributed by atoms with Crippen molar-refractivity contribution in [3.05, 3.63) is 52.8 Å². The molecule has 0 bridgehead atoms. The van der Waals surface area contributed by atoms with E-state index in [9.17, 15) is 14.7 Å². The van der Waals surface area contributed by atoms with Crippen molar-refractivity contribution in [1.82, 2.24) is 4.57 Å². The van der Waals surface area contributed by atoms with E-state index in [1.807, 2.05) is 48.9 Å². The van der Waals surface area contributed by atoms with Crippen LogP contribution in [0.3, 0.4) is 0 Å². The number of carboxylic acid groups (broad SMARTS) is 1. The maximum atomic E-state index is 13.1. The average molecular weight is 422 g/mol. The molecule has 6 heteroatoms. The Labute approximate surface area is 202 Å². The molecule has 30 heavy (non-hydrogen) atoms. The number of aryl methyl sites for hydroxylation is 1. The molecule has 2 aromatic rings. The third kappa shape index (κ3) is 7.60. The minimum atomic E-state index is -1.04. The second kappa shape index (κ2) is 13.7. The van der Waals surface area contributed by atoms with Gasteiger partial charge in [-0.15, -0.1) is 0 Å². The molecule has 2 rings (SSSR count). The zero-order valence-corrected chi connectivity index (χ0v) is 20.8. The van der Waals surface area contributed by atoms with Crippen molar-refractivity contribution < 1.29 is 49.0 Å². The van der Waals surface area contributed by atoms with Gasteiger partial charge < -0.3 is 19.2 Å². The van der Waals surface area contributed by atoms with Crippen LogP contribution in [0.4, 0.5) is 0 Å². The van der Waals surface area contributed by atoms with E-state index in [1.165, 1.54) is 19.3 Å². The Morgan fingerprint density at radius 2 is 1.73 bits per heavy atom. The first-order chi connectivity index (χ1) is 14.0. The first-order valence-corrected chi connectivity index (χ1v) is 10.6. The molecule has 0 fully saturated rings. The van der Waals surface area contributed by atoms with Crippen LogP contribution < -0.4 is 39.4 Å². The van der Waals surface area contributed by atoms with Crippen LogP contribution in [-0.2, 0) is 24.7 Å². The number of hydrogen-bond acceptors (Lipinski definition) is 4. The van der Waals surface area contributed by atoms with Crippen LogP contribution in [0.1, 0.15) is 79.7 Å². The molecule has 0 radical (unpaired) electrons. The largest absolute Gasteiger partial charge is 1.00 e. The van der Waals surface area contributed by atoms with Crippen molar-refractivity contribution in [3.8, 4) is 5.75 Å². The van der Waals surface area contributed by atoms with Crippen LogP contribution in [0.2, 0.25) is 0 Å². The first kappa shape index (κ1) is 26.5. The van der Waals surface area contributed by atoms with Gasteiger partial charge in [-0.1, -0.05) is 33.1 Å². The van der Waals surface area contributed by atoms with Crippen molar-refractivity contribution in [2.24, 2.45) is 7.05 Å². The number of carboxylic acids is 1. The summed E-state index contributed by atoms with van der Waals surface area (Å²) in [5.41, 5.74) is 3.25. The number of ketones is 1. The molecule has 1 heterocycles. The molecule has 0 spiro atoms. The number of unbranched alkanes of at least 4 members (excludes halogenated alkanes) is 3. The fourth-order valence-corrected chi connectivity index (χ4v) is 3.56. The summed E-state index contributed by atoms with van der Waals surface area (Å²) in [6.07, 6.45) is 6.51. The predicted molar refractivity (Wildman–Crippen MR) is 112 cm³/mol. The number of carbonyl (C=O) groups is 2. The molecule has 0 saturated heterocycles. The van der Waals surface area contributed by atoms with Gasteiger partial charge in [0.05, 0.1) is 6.61 Å². The van der Waals surface area contributed by atoms with Gasteiger partial charge in [0.15, 0.2) is 5.78 Å². The van der Waals surface area contributed by atoms with Crippen LogP contribution in [0.15, 0.2) is 30.3 Å². The van der Waals surface area contributed by atoms with Gasteiger partial charge >= 0.3 is 29.6 Å². The van der Waals surface area contributed by atoms with Gasteiger partial charge in [-0.05, 0) is 62.4 Å². The van der Waals surface area contributed by atoms with Gasteiger partial charge in [-0.2, -0.15) is 0 Å². The van der Waals surface area contributed by atoms with E-state index in [-0.39, 0.29) is 41.8 Å². The van der Waals surface area contributed by atoms with E-state index in [1.54, 1.807) is 0 Å². The quantitative estimate of drug-likeness (QED) is 0.273. The van der Waals surface area contributed by atoms with Crippen LogP contribution in [0, 0.1) is 0 Å². The van der Waals surface area contributed by atoms with Gasteiger partial charge in [0.25, 0.3) is 0 Å². The zero-order chi connectivity index (χ0) is 21.2. The van der Waals surface area contributed by atoms with Crippen molar-refractivity contribution >= 4 is 11.8 Å². The van der Waals surface area contributed by atoms with Crippen LogP contribution >= 0.6 is 0 Å². The number of aromatic nitrogens is 1. The van der Waals surface area contributed by atoms with E-state index < -0.39 is 5.97 Å². The number of ether oxygens (including phenoxy) is 1. The van der Waals surface area contributed by atoms with Gasteiger partial charge in [0.1, 0.15) is 5.75 Å². The number of nitrogens with zero attached hydrogens (tertiary/aromatic N) is 1. The Kier molecular flexibility index (Phi) is 12.1. The first-order valence-electron chi connectivity index (χ1n) is 10.6. The molecule has 0 unspecified atom stereocenters. The Bertz CT molecular complexity index is 811. The van der Waals surface area contributed by atoms with E-state index in [2.05, 4.69) is 6.92 Å². The molecule has 0 N–H and O–H groups in total. The van der Waals surface area contributed by atoms with Crippen LogP contribution in [-0.4, -0.2) is 22.9 Å². The standard InChI is InChI=1S/C24H33NO4.Na/c1-4-6-7-8-16-29-20-14-12-18(13-15-20)24(28)21-17-19(10-9-11-23(26)27)25(3)22(21)5-2;/h12-15,17H,4-11,16H2,1-3H3,(H,26,27);/q;+1/p-1. The molecule has 0 atom stereocenters. The van der Waals surface area contributed by atoms with E-state index in [0.717, 1.165) is 30.0 Å². The molecule has 1 aromatic heterocycles. The molecule has 1 aromatic carbocycles. The predicted octanol–water partition coefficient (Wildman–Crippen LogP) is 0.854. The molecule has 0 aliphatic carbocycles. The molecule has 0 aliphatic heterocycles. The minimum Gasteiger partial charge on any atom is -0.550 e. The molecule has 0 saturated carbocycles. The summed E-state index contributed by atoms with van der Waals surface area (Å²) in [4.78, 5) is 23.7. The topological polar surface area (TPSA) is 71.4 Å². The third-order valence-corrected chi connectivity index (χ3v) is 5.23. The fraction of sp³-hybridized carbons (Fsp3) is 0.500. The monoisotopic (exact) mass is 421 g/mol. The van der Waals surface area contributed by atoms with E-state index in [4.69, 9.17) is 4.74 Å². The fourth-order valence-electron chi connectivity index (χ4n) is 3.56. The number of carbonyl (C=O) groups excluding carboxylic acids is 2. The maximum Gasteiger partial charge on any atom is 1.00 e. The van der Waals surface area contributed by atoms with Gasteiger partial charge in [0, 0.05) is 35.5 Å². The molecule has 0 aliphatic rings. The normalized spacial score (nSPS) is 10.5. The minimum absolute atomic E-state index is 0. The number of aliphatic carboxylic acids is 1. The molecule has 158 valence electrons. The Balaban J connectivity index is 0.00000450.